The Kier molecular flexibility index (Phi) is 2.75. The number of allylic oxidation sites excluding steroid dienone is 3. The molecule has 0 saturated carbocycles. The van der Waals surface area contributed by atoms with Gasteiger partial charge in [0.05, 0.1) is 5.25 Å². The van der Waals surface area contributed by atoms with Crippen molar-refractivity contribution < 1.29 is 0 Å². The highest BCUT2D eigenvalue weighted by Crippen LogP contribution is 2.28. The molecule has 0 saturated heterocycles. The van der Waals surface area contributed by atoms with Gasteiger partial charge in [0.15, 0.2) is 0 Å². The molecule has 1 nitrogen and oxygen atoms in total. The van der Waals surface area contributed by atoms with Gasteiger partial charge in [0.25, 0.3) is 0 Å². The van der Waals surface area contributed by atoms with E-state index in [1.165, 1.54) is 6.21 Å². The van der Waals surface area contributed by atoms with Gasteiger partial charge in [-0.25, -0.2) is 0 Å². The first-order chi connectivity index (χ1) is 4.88. The van der Waals surface area contributed by atoms with Crippen LogP contribution in [-0.2, 0) is 0 Å². The highest BCUT2D eigenvalue weighted by atomic mass is 32.2. The second-order valence-electron chi connectivity index (χ2n) is 2.20. The molecule has 0 amide bonds. The zero-order valence-electron chi connectivity index (χ0n) is 5.95. The van der Waals surface area contributed by atoms with Crippen molar-refractivity contribution in [1.82, 2.24) is 0 Å². The summed E-state index contributed by atoms with van der Waals surface area (Å²) in [6.07, 6.45) is 7.82. The molecule has 2 heteroatoms. The quantitative estimate of drug-likeness (QED) is 0.478. The minimum atomic E-state index is 0.344. The first kappa shape index (κ1) is 7.61. The first-order valence-corrected chi connectivity index (χ1v) is 4.28. The van der Waals surface area contributed by atoms with E-state index in [1.807, 2.05) is 13.0 Å². The molecule has 0 aromatic rings. The summed E-state index contributed by atoms with van der Waals surface area (Å²) in [6.45, 7) is 2.01. The molecule has 10 heavy (non-hydrogen) atoms. The number of hydrogen-bond donors (Lipinski definition) is 1. The molecular weight excluding hydrogens is 142 g/mol. The van der Waals surface area contributed by atoms with Gasteiger partial charge < -0.3 is 5.41 Å². The lowest BCUT2D eigenvalue weighted by molar-refractivity contribution is 0.901. The second-order valence-corrected chi connectivity index (χ2v) is 3.29. The van der Waals surface area contributed by atoms with Crippen LogP contribution in [0.4, 0.5) is 0 Å². The van der Waals surface area contributed by atoms with Crippen LogP contribution in [0.2, 0.25) is 0 Å². The van der Waals surface area contributed by atoms with Gasteiger partial charge in [-0.2, -0.15) is 0 Å². The molecule has 1 rings (SSSR count). The Hall–Kier alpha value is -0.500. The minimum absolute atomic E-state index is 0.344. The summed E-state index contributed by atoms with van der Waals surface area (Å²) < 4.78 is 0. The van der Waals surface area contributed by atoms with E-state index in [9.17, 15) is 0 Å². The SMILES string of the molecule is C/C=C\C1C=CSC1C=N. The molecule has 2 unspecified atom stereocenters. The third-order valence-corrected chi connectivity index (χ3v) is 2.57. The summed E-state index contributed by atoms with van der Waals surface area (Å²) in [7, 11) is 0. The van der Waals surface area contributed by atoms with Gasteiger partial charge in [-0.3, -0.25) is 0 Å². The number of rotatable bonds is 2. The average molecular weight is 153 g/mol. The van der Waals surface area contributed by atoms with E-state index >= 15 is 0 Å². The van der Waals surface area contributed by atoms with Gasteiger partial charge in [0.1, 0.15) is 0 Å². The normalized spacial score (nSPS) is 31.7. The van der Waals surface area contributed by atoms with Crippen LogP contribution in [0.3, 0.4) is 0 Å². The molecule has 0 aromatic heterocycles. The van der Waals surface area contributed by atoms with Crippen molar-refractivity contribution in [2.75, 3.05) is 0 Å². The molecule has 0 radical (unpaired) electrons. The molecule has 0 aromatic carbocycles. The Labute approximate surface area is 65.7 Å². The van der Waals surface area contributed by atoms with Crippen LogP contribution < -0.4 is 0 Å². The van der Waals surface area contributed by atoms with Crippen LogP contribution in [0.15, 0.2) is 23.6 Å². The van der Waals surface area contributed by atoms with Crippen molar-refractivity contribution in [3.63, 3.8) is 0 Å². The largest absolute Gasteiger partial charge is 0.312 e. The molecule has 0 spiro atoms. The maximum atomic E-state index is 7.09. The summed E-state index contributed by atoms with van der Waals surface area (Å²) in [6, 6.07) is 0. The van der Waals surface area contributed by atoms with Gasteiger partial charge in [-0.15, -0.1) is 11.8 Å². The smallest absolute Gasteiger partial charge is 0.0532 e. The minimum Gasteiger partial charge on any atom is -0.312 e. The maximum absolute atomic E-state index is 7.09. The standard InChI is InChI=1S/C8H11NS/c1-2-3-7-4-5-10-8(7)6-9/h2-9H,1H3/b3-2-,9-6?. The van der Waals surface area contributed by atoms with E-state index in [0.29, 0.717) is 11.2 Å². The van der Waals surface area contributed by atoms with E-state index in [1.54, 1.807) is 11.8 Å². The summed E-state index contributed by atoms with van der Waals surface area (Å²) in [5.41, 5.74) is 0. The predicted molar refractivity (Wildman–Crippen MR) is 47.6 cm³/mol. The molecule has 1 aliphatic rings. The van der Waals surface area contributed by atoms with Gasteiger partial charge in [0.2, 0.25) is 0 Å². The average Bonchev–Trinajstić information content (AvgIpc) is 2.36. The summed E-state index contributed by atoms with van der Waals surface area (Å²) in [4.78, 5) is 0. The van der Waals surface area contributed by atoms with Crippen LogP contribution in [0, 0.1) is 11.3 Å². The molecule has 1 heterocycles. The molecule has 2 atom stereocenters. The van der Waals surface area contributed by atoms with Crippen molar-refractivity contribution in [3.05, 3.63) is 23.6 Å². The number of hydrogen-bond acceptors (Lipinski definition) is 2. The topological polar surface area (TPSA) is 23.9 Å². The Balaban J connectivity index is 2.56. The van der Waals surface area contributed by atoms with Crippen LogP contribution in [0.25, 0.3) is 0 Å². The molecule has 0 fully saturated rings. The monoisotopic (exact) mass is 153 g/mol. The van der Waals surface area contributed by atoms with Crippen LogP contribution in [0.1, 0.15) is 6.92 Å². The summed E-state index contributed by atoms with van der Waals surface area (Å²) in [5, 5.41) is 9.50. The highest BCUT2D eigenvalue weighted by Gasteiger charge is 2.17. The van der Waals surface area contributed by atoms with E-state index in [0.717, 1.165) is 0 Å². The summed E-state index contributed by atoms with van der Waals surface area (Å²) in [5.74, 6) is 0.451. The van der Waals surface area contributed by atoms with E-state index in [4.69, 9.17) is 5.41 Å². The Morgan fingerprint density at radius 2 is 2.40 bits per heavy atom. The maximum Gasteiger partial charge on any atom is 0.0532 e. The van der Waals surface area contributed by atoms with E-state index < -0.39 is 0 Å². The fourth-order valence-electron chi connectivity index (χ4n) is 0.973. The van der Waals surface area contributed by atoms with Crippen molar-refractivity contribution in [2.45, 2.75) is 12.2 Å². The molecule has 0 aliphatic carbocycles. The molecule has 1 aliphatic heterocycles. The Bertz CT molecular complexity index is 172. The molecule has 1 N–H and O–H groups in total. The zero-order chi connectivity index (χ0) is 7.40. The predicted octanol–water partition coefficient (Wildman–Crippen LogP) is 2.46. The van der Waals surface area contributed by atoms with Crippen molar-refractivity contribution in [1.29, 1.82) is 5.41 Å². The lowest BCUT2D eigenvalue weighted by Crippen LogP contribution is -2.09. The molecule has 0 bridgehead atoms. The third kappa shape index (κ3) is 1.51. The van der Waals surface area contributed by atoms with Crippen molar-refractivity contribution >= 4 is 18.0 Å². The Morgan fingerprint density at radius 1 is 1.60 bits per heavy atom. The van der Waals surface area contributed by atoms with Crippen molar-refractivity contribution in [3.8, 4) is 0 Å². The van der Waals surface area contributed by atoms with Crippen molar-refractivity contribution in [2.24, 2.45) is 5.92 Å². The van der Waals surface area contributed by atoms with E-state index in [2.05, 4.69) is 17.6 Å². The van der Waals surface area contributed by atoms with Crippen LogP contribution in [0.5, 0.6) is 0 Å². The number of nitrogens with one attached hydrogen (secondary N) is 1. The second kappa shape index (κ2) is 3.62. The highest BCUT2D eigenvalue weighted by molar-refractivity contribution is 8.03. The lowest BCUT2D eigenvalue weighted by Gasteiger charge is -2.07. The van der Waals surface area contributed by atoms with Gasteiger partial charge >= 0.3 is 0 Å². The van der Waals surface area contributed by atoms with Gasteiger partial charge in [-0.05, 0) is 12.3 Å². The van der Waals surface area contributed by atoms with Gasteiger partial charge in [0, 0.05) is 12.1 Å². The Morgan fingerprint density at radius 3 is 3.00 bits per heavy atom. The van der Waals surface area contributed by atoms with Crippen LogP contribution >= 0.6 is 11.8 Å². The molecular formula is C8H11NS. The third-order valence-electron chi connectivity index (χ3n) is 1.49. The lowest BCUT2D eigenvalue weighted by atomic mass is 10.1. The summed E-state index contributed by atoms with van der Waals surface area (Å²) >= 11 is 1.72. The zero-order valence-corrected chi connectivity index (χ0v) is 6.77. The fourth-order valence-corrected chi connectivity index (χ4v) is 1.87. The number of thioether (sulfide) groups is 1. The first-order valence-electron chi connectivity index (χ1n) is 3.34. The van der Waals surface area contributed by atoms with Crippen LogP contribution in [-0.4, -0.2) is 11.5 Å². The van der Waals surface area contributed by atoms with E-state index in [-0.39, 0.29) is 0 Å². The molecule has 54 valence electrons. The van der Waals surface area contributed by atoms with Gasteiger partial charge in [-0.1, -0.05) is 18.2 Å². The fraction of sp³-hybridized carbons (Fsp3) is 0.375.